The van der Waals surface area contributed by atoms with Gasteiger partial charge in [0, 0.05) is 26.8 Å². The lowest BCUT2D eigenvalue weighted by molar-refractivity contribution is -0.115. The van der Waals surface area contributed by atoms with Crippen LogP contribution in [-0.4, -0.2) is 48.9 Å². The molecule has 0 saturated heterocycles. The molecule has 6 nitrogen and oxygen atoms in total. The molecule has 1 aromatic heterocycles. The molecule has 132 valence electrons. The van der Waals surface area contributed by atoms with E-state index in [1.165, 1.54) is 25.7 Å². The maximum absolute atomic E-state index is 12.0. The largest absolute Gasteiger partial charge is 0.347 e. The molecule has 1 heterocycles. The first-order valence-electron chi connectivity index (χ1n) is 8.70. The molecule has 1 aliphatic rings. The third-order valence-corrected chi connectivity index (χ3v) is 4.59. The van der Waals surface area contributed by atoms with E-state index in [4.69, 9.17) is 0 Å². The number of pyridine rings is 1. The number of nitrogens with one attached hydrogen (secondary N) is 2. The summed E-state index contributed by atoms with van der Waals surface area (Å²) in [5, 5.41) is 5.94. The second kappa shape index (κ2) is 9.25. The van der Waals surface area contributed by atoms with Crippen molar-refractivity contribution >= 4 is 17.6 Å². The summed E-state index contributed by atoms with van der Waals surface area (Å²) in [6, 6.07) is 3.61. The van der Waals surface area contributed by atoms with Crippen LogP contribution in [0.4, 0.5) is 5.69 Å². The maximum atomic E-state index is 12.0. The zero-order chi connectivity index (χ0) is 17.4. The number of hydrogen-bond donors (Lipinski definition) is 2. The van der Waals surface area contributed by atoms with Crippen LogP contribution in [0.5, 0.6) is 0 Å². The van der Waals surface area contributed by atoms with Crippen molar-refractivity contribution in [2.24, 2.45) is 16.8 Å². The van der Waals surface area contributed by atoms with Crippen LogP contribution in [0.1, 0.15) is 32.6 Å². The summed E-state index contributed by atoms with van der Waals surface area (Å²) in [5.41, 5.74) is 0.698. The number of carbonyl (C=O) groups excluding carboxylic acids is 1. The van der Waals surface area contributed by atoms with Crippen LogP contribution in [0.2, 0.25) is 0 Å². The molecule has 1 fully saturated rings. The van der Waals surface area contributed by atoms with Gasteiger partial charge < -0.3 is 15.5 Å². The minimum absolute atomic E-state index is 0.107. The molecule has 0 aromatic carbocycles. The van der Waals surface area contributed by atoms with Crippen LogP contribution in [0, 0.1) is 11.8 Å². The van der Waals surface area contributed by atoms with Crippen LogP contribution in [0.15, 0.2) is 29.5 Å². The molecule has 1 amide bonds. The molecule has 1 aromatic rings. The van der Waals surface area contributed by atoms with Gasteiger partial charge in [-0.25, -0.2) is 0 Å². The Morgan fingerprint density at radius 1 is 1.38 bits per heavy atom. The van der Waals surface area contributed by atoms with E-state index in [0.717, 1.165) is 18.4 Å². The predicted octanol–water partition coefficient (Wildman–Crippen LogP) is 2.35. The first-order chi connectivity index (χ1) is 11.6. The van der Waals surface area contributed by atoms with E-state index >= 15 is 0 Å². The minimum Gasteiger partial charge on any atom is -0.347 e. The molecule has 0 unspecified atom stereocenters. The molecule has 1 aliphatic carbocycles. The summed E-state index contributed by atoms with van der Waals surface area (Å²) in [5.74, 6) is 2.23. The van der Waals surface area contributed by atoms with E-state index < -0.39 is 0 Å². The summed E-state index contributed by atoms with van der Waals surface area (Å²) >= 11 is 0. The van der Waals surface area contributed by atoms with Gasteiger partial charge >= 0.3 is 0 Å². The number of nitrogens with zero attached hydrogens (tertiary/aromatic N) is 3. The Morgan fingerprint density at radius 2 is 2.12 bits per heavy atom. The molecule has 24 heavy (non-hydrogen) atoms. The highest BCUT2D eigenvalue weighted by molar-refractivity contribution is 5.94. The van der Waals surface area contributed by atoms with Gasteiger partial charge in [-0.2, -0.15) is 0 Å². The first kappa shape index (κ1) is 18.2. The van der Waals surface area contributed by atoms with E-state index in [1.807, 2.05) is 13.1 Å². The highest BCUT2D eigenvalue weighted by Crippen LogP contribution is 2.28. The Balaban J connectivity index is 1.75. The first-order valence-corrected chi connectivity index (χ1v) is 8.70. The fraction of sp³-hybridized carbons (Fsp3) is 0.611. The summed E-state index contributed by atoms with van der Waals surface area (Å²) in [6.07, 6.45) is 8.50. The number of anilines is 1. The van der Waals surface area contributed by atoms with E-state index in [9.17, 15) is 4.79 Å². The summed E-state index contributed by atoms with van der Waals surface area (Å²) < 4.78 is 0. The highest BCUT2D eigenvalue weighted by Gasteiger charge is 2.20. The Kier molecular flexibility index (Phi) is 7.03. The van der Waals surface area contributed by atoms with Crippen molar-refractivity contribution in [2.75, 3.05) is 32.5 Å². The standard InChI is InChI=1S/C18H29N5O/c1-14-6-8-15(9-7-14)13-23(3)18(19-2)21-12-17(24)22-16-5-4-10-20-11-16/h4-5,10-11,14-15H,6-9,12-13H2,1-3H3,(H,19,21)(H,22,24). The average molecular weight is 331 g/mol. The summed E-state index contributed by atoms with van der Waals surface area (Å²) in [7, 11) is 3.78. The van der Waals surface area contributed by atoms with E-state index in [0.29, 0.717) is 11.6 Å². The van der Waals surface area contributed by atoms with Crippen LogP contribution in [-0.2, 0) is 4.79 Å². The van der Waals surface area contributed by atoms with Gasteiger partial charge in [0.15, 0.2) is 5.96 Å². The molecule has 0 atom stereocenters. The van der Waals surface area contributed by atoms with Gasteiger partial charge in [-0.05, 0) is 36.8 Å². The highest BCUT2D eigenvalue weighted by atomic mass is 16.1. The Hall–Kier alpha value is -2.11. The monoisotopic (exact) mass is 331 g/mol. The molecule has 2 N–H and O–H groups in total. The fourth-order valence-electron chi connectivity index (χ4n) is 3.17. The van der Waals surface area contributed by atoms with Crippen molar-refractivity contribution in [2.45, 2.75) is 32.6 Å². The lowest BCUT2D eigenvalue weighted by atomic mass is 9.83. The Bertz CT molecular complexity index is 538. The molecular weight excluding hydrogens is 302 g/mol. The molecule has 1 saturated carbocycles. The minimum atomic E-state index is -0.107. The van der Waals surface area contributed by atoms with Crippen molar-refractivity contribution in [1.29, 1.82) is 0 Å². The number of aliphatic imine (C=N–C) groups is 1. The normalized spacial score (nSPS) is 21.2. The van der Waals surface area contributed by atoms with Crippen LogP contribution < -0.4 is 10.6 Å². The predicted molar refractivity (Wildman–Crippen MR) is 98.0 cm³/mol. The van der Waals surface area contributed by atoms with Gasteiger partial charge in [0.05, 0.1) is 18.4 Å². The van der Waals surface area contributed by atoms with Gasteiger partial charge in [0.1, 0.15) is 0 Å². The summed E-state index contributed by atoms with van der Waals surface area (Å²) in [6.45, 7) is 3.51. The van der Waals surface area contributed by atoms with Crippen molar-refractivity contribution in [3.8, 4) is 0 Å². The Morgan fingerprint density at radius 3 is 2.75 bits per heavy atom. The third kappa shape index (κ3) is 5.83. The lowest BCUT2D eigenvalue weighted by Gasteiger charge is -2.31. The number of hydrogen-bond acceptors (Lipinski definition) is 3. The molecule has 0 bridgehead atoms. The zero-order valence-corrected chi connectivity index (χ0v) is 15.0. The molecule has 2 rings (SSSR count). The van der Waals surface area contributed by atoms with E-state index in [-0.39, 0.29) is 12.5 Å². The lowest BCUT2D eigenvalue weighted by Crippen LogP contribution is -2.44. The molecule has 0 spiro atoms. The molecular formula is C18H29N5O. The number of rotatable bonds is 5. The second-order valence-corrected chi connectivity index (χ2v) is 6.70. The zero-order valence-electron chi connectivity index (χ0n) is 15.0. The van der Waals surface area contributed by atoms with Gasteiger partial charge in [0.25, 0.3) is 0 Å². The Labute approximate surface area is 144 Å². The van der Waals surface area contributed by atoms with Crippen molar-refractivity contribution in [3.63, 3.8) is 0 Å². The topological polar surface area (TPSA) is 69.6 Å². The molecule has 0 radical (unpaired) electrons. The second-order valence-electron chi connectivity index (χ2n) is 6.70. The van der Waals surface area contributed by atoms with Crippen LogP contribution in [0.3, 0.4) is 0 Å². The average Bonchev–Trinajstić information content (AvgIpc) is 2.58. The van der Waals surface area contributed by atoms with Gasteiger partial charge in [-0.1, -0.05) is 19.8 Å². The van der Waals surface area contributed by atoms with E-state index in [1.54, 1.807) is 25.5 Å². The number of aromatic nitrogens is 1. The quantitative estimate of drug-likeness (QED) is 0.642. The number of amides is 1. The van der Waals surface area contributed by atoms with E-state index in [2.05, 4.69) is 32.4 Å². The number of carbonyl (C=O) groups is 1. The van der Waals surface area contributed by atoms with Gasteiger partial charge in [-0.15, -0.1) is 0 Å². The van der Waals surface area contributed by atoms with Crippen LogP contribution >= 0.6 is 0 Å². The third-order valence-electron chi connectivity index (χ3n) is 4.59. The van der Waals surface area contributed by atoms with Crippen molar-refractivity contribution in [3.05, 3.63) is 24.5 Å². The fourth-order valence-corrected chi connectivity index (χ4v) is 3.17. The van der Waals surface area contributed by atoms with Crippen molar-refractivity contribution in [1.82, 2.24) is 15.2 Å². The van der Waals surface area contributed by atoms with Gasteiger partial charge in [0.2, 0.25) is 5.91 Å². The van der Waals surface area contributed by atoms with Gasteiger partial charge in [-0.3, -0.25) is 14.8 Å². The summed E-state index contributed by atoms with van der Waals surface area (Å²) in [4.78, 5) is 22.4. The van der Waals surface area contributed by atoms with Crippen LogP contribution in [0.25, 0.3) is 0 Å². The smallest absolute Gasteiger partial charge is 0.243 e. The molecule has 6 heteroatoms. The number of guanidine groups is 1. The molecule has 0 aliphatic heterocycles. The SMILES string of the molecule is CN=C(NCC(=O)Nc1cccnc1)N(C)CC1CCC(C)CC1. The van der Waals surface area contributed by atoms with Crippen molar-refractivity contribution < 1.29 is 4.79 Å². The maximum Gasteiger partial charge on any atom is 0.243 e.